The molecule has 0 saturated heterocycles. The molecule has 5 heteroatoms. The van der Waals surface area contributed by atoms with Crippen LogP contribution in [0.2, 0.25) is 0 Å². The van der Waals surface area contributed by atoms with E-state index in [1.165, 1.54) is 4.57 Å². The summed E-state index contributed by atoms with van der Waals surface area (Å²) in [5.74, 6) is -0.407. The predicted molar refractivity (Wildman–Crippen MR) is 67.8 cm³/mol. The fraction of sp³-hybridized carbons (Fsp3) is 0.385. The van der Waals surface area contributed by atoms with Crippen molar-refractivity contribution in [2.75, 3.05) is 0 Å². The summed E-state index contributed by atoms with van der Waals surface area (Å²) in [6.07, 6.45) is 0. The van der Waals surface area contributed by atoms with Gasteiger partial charge in [-0.05, 0) is 31.5 Å². The van der Waals surface area contributed by atoms with Crippen LogP contribution in [0.3, 0.4) is 0 Å². The zero-order valence-corrected chi connectivity index (χ0v) is 10.6. The summed E-state index contributed by atoms with van der Waals surface area (Å²) in [4.78, 5) is 11.4. The summed E-state index contributed by atoms with van der Waals surface area (Å²) in [5.41, 5.74) is 7.43. The van der Waals surface area contributed by atoms with Gasteiger partial charge in [0.2, 0.25) is 0 Å². The van der Waals surface area contributed by atoms with Crippen LogP contribution in [0.25, 0.3) is 11.1 Å². The van der Waals surface area contributed by atoms with Crippen molar-refractivity contribution < 1.29 is 4.42 Å². The number of oxazole rings is 1. The van der Waals surface area contributed by atoms with Gasteiger partial charge in [-0.3, -0.25) is 4.57 Å². The van der Waals surface area contributed by atoms with Gasteiger partial charge in [0.1, 0.15) is 0 Å². The van der Waals surface area contributed by atoms with Gasteiger partial charge in [-0.1, -0.05) is 6.07 Å². The van der Waals surface area contributed by atoms with Crippen molar-refractivity contribution in [3.8, 4) is 6.07 Å². The van der Waals surface area contributed by atoms with E-state index in [0.29, 0.717) is 11.1 Å². The molecule has 0 amide bonds. The first kappa shape index (κ1) is 12.4. The fourth-order valence-electron chi connectivity index (χ4n) is 1.82. The van der Waals surface area contributed by atoms with E-state index in [4.69, 9.17) is 15.4 Å². The molecule has 1 aromatic carbocycles. The number of rotatable bonds is 2. The predicted octanol–water partition coefficient (Wildman–Crippen LogP) is 1.68. The van der Waals surface area contributed by atoms with Crippen LogP contribution in [-0.4, -0.2) is 4.57 Å². The Morgan fingerprint density at radius 3 is 2.78 bits per heavy atom. The lowest BCUT2D eigenvalue weighted by Crippen LogP contribution is -2.27. The lowest BCUT2D eigenvalue weighted by Gasteiger charge is -2.24. The Hall–Kier alpha value is -2.06. The number of hydrogen-bond acceptors (Lipinski definition) is 4. The van der Waals surface area contributed by atoms with Crippen LogP contribution < -0.4 is 11.5 Å². The first-order valence-electron chi connectivity index (χ1n) is 5.63. The molecule has 0 aliphatic heterocycles. The maximum absolute atomic E-state index is 11.4. The summed E-state index contributed by atoms with van der Waals surface area (Å²) in [5, 5.41) is 9.09. The van der Waals surface area contributed by atoms with Crippen LogP contribution in [0.15, 0.2) is 27.4 Å². The van der Waals surface area contributed by atoms with Gasteiger partial charge >= 0.3 is 5.76 Å². The molecular formula is C13H15N3O2. The molecule has 1 heterocycles. The van der Waals surface area contributed by atoms with E-state index >= 15 is 0 Å². The molecular weight excluding hydrogens is 230 g/mol. The van der Waals surface area contributed by atoms with E-state index in [-0.39, 0.29) is 0 Å². The van der Waals surface area contributed by atoms with Gasteiger partial charge < -0.3 is 10.2 Å². The second-order valence-corrected chi connectivity index (χ2v) is 4.97. The molecule has 0 saturated carbocycles. The third-order valence-corrected chi connectivity index (χ3v) is 3.24. The molecule has 0 spiro atoms. The topological polar surface area (TPSA) is 84.9 Å². The average Bonchev–Trinajstić information content (AvgIpc) is 2.64. The number of aromatic nitrogens is 1. The molecule has 0 fully saturated rings. The standard InChI is InChI=1S/C13H15N3O2/c1-13(2,7-14)11(15)8-4-5-10-9(6-8)16(3)12(17)18-10/h4-6,11H,15H2,1-3H3. The number of aryl methyl sites for hydroxylation is 1. The molecule has 2 aromatic rings. The van der Waals surface area contributed by atoms with Crippen molar-refractivity contribution in [3.05, 3.63) is 34.3 Å². The van der Waals surface area contributed by atoms with Gasteiger partial charge in [-0.25, -0.2) is 4.79 Å². The maximum atomic E-state index is 11.4. The Labute approximate surface area is 104 Å². The third-order valence-electron chi connectivity index (χ3n) is 3.24. The smallest absolute Gasteiger partial charge is 0.408 e. The van der Waals surface area contributed by atoms with Crippen LogP contribution in [0.5, 0.6) is 0 Å². The lowest BCUT2D eigenvalue weighted by atomic mass is 9.82. The van der Waals surface area contributed by atoms with Gasteiger partial charge in [-0.15, -0.1) is 0 Å². The van der Waals surface area contributed by atoms with Gasteiger partial charge in [0.25, 0.3) is 0 Å². The molecule has 1 atom stereocenters. The number of hydrogen-bond donors (Lipinski definition) is 1. The van der Waals surface area contributed by atoms with E-state index in [1.807, 2.05) is 0 Å². The highest BCUT2D eigenvalue weighted by atomic mass is 16.4. The molecule has 5 nitrogen and oxygen atoms in total. The molecule has 0 aliphatic carbocycles. The highest BCUT2D eigenvalue weighted by Gasteiger charge is 2.28. The summed E-state index contributed by atoms with van der Waals surface area (Å²) in [6, 6.07) is 7.06. The summed E-state index contributed by atoms with van der Waals surface area (Å²) < 4.78 is 6.47. The van der Waals surface area contributed by atoms with Crippen LogP contribution in [0, 0.1) is 16.7 Å². The molecule has 1 aromatic heterocycles. The number of benzene rings is 1. The van der Waals surface area contributed by atoms with Gasteiger partial charge in [0.15, 0.2) is 5.58 Å². The van der Waals surface area contributed by atoms with Crippen molar-refractivity contribution in [2.45, 2.75) is 19.9 Å². The second kappa shape index (κ2) is 4.00. The molecule has 0 bridgehead atoms. The number of fused-ring (bicyclic) bond motifs is 1. The first-order chi connectivity index (χ1) is 8.36. The van der Waals surface area contributed by atoms with Crippen LogP contribution >= 0.6 is 0 Å². The van der Waals surface area contributed by atoms with Crippen molar-refractivity contribution in [2.24, 2.45) is 18.2 Å². The van der Waals surface area contributed by atoms with Crippen LogP contribution in [-0.2, 0) is 7.05 Å². The Morgan fingerprint density at radius 1 is 1.50 bits per heavy atom. The van der Waals surface area contributed by atoms with Crippen molar-refractivity contribution in [1.82, 2.24) is 4.57 Å². The highest BCUT2D eigenvalue weighted by molar-refractivity contribution is 5.73. The molecule has 0 radical (unpaired) electrons. The summed E-state index contributed by atoms with van der Waals surface area (Å²) >= 11 is 0. The minimum Gasteiger partial charge on any atom is -0.408 e. The molecule has 2 rings (SSSR count). The summed E-state index contributed by atoms with van der Waals surface area (Å²) in [6.45, 7) is 3.58. The lowest BCUT2D eigenvalue weighted by molar-refractivity contribution is 0.394. The average molecular weight is 245 g/mol. The number of nitrogens with zero attached hydrogens (tertiary/aromatic N) is 2. The van der Waals surface area contributed by atoms with Gasteiger partial charge in [0, 0.05) is 13.1 Å². The van der Waals surface area contributed by atoms with Crippen LogP contribution in [0.1, 0.15) is 25.5 Å². The summed E-state index contributed by atoms with van der Waals surface area (Å²) in [7, 11) is 1.64. The zero-order valence-electron chi connectivity index (χ0n) is 10.6. The van der Waals surface area contributed by atoms with Crippen molar-refractivity contribution in [1.29, 1.82) is 5.26 Å². The monoisotopic (exact) mass is 245 g/mol. The molecule has 1 unspecified atom stereocenters. The minimum absolute atomic E-state index is 0.407. The van der Waals surface area contributed by atoms with Gasteiger partial charge in [0.05, 0.1) is 17.0 Å². The Kier molecular flexibility index (Phi) is 2.76. The first-order valence-corrected chi connectivity index (χ1v) is 5.63. The van der Waals surface area contributed by atoms with E-state index in [0.717, 1.165) is 5.56 Å². The Balaban J connectivity index is 2.58. The van der Waals surface area contributed by atoms with Crippen molar-refractivity contribution >= 4 is 11.1 Å². The minimum atomic E-state index is -0.670. The SMILES string of the molecule is Cn1c(=O)oc2ccc(C(N)C(C)(C)C#N)cc21. The van der Waals surface area contributed by atoms with Gasteiger partial charge in [-0.2, -0.15) is 5.26 Å². The van der Waals surface area contributed by atoms with E-state index in [9.17, 15) is 4.79 Å². The third kappa shape index (κ3) is 1.81. The quantitative estimate of drug-likeness (QED) is 0.872. The number of nitrogens with two attached hydrogens (primary N) is 1. The maximum Gasteiger partial charge on any atom is 0.419 e. The molecule has 94 valence electrons. The second-order valence-electron chi connectivity index (χ2n) is 4.97. The highest BCUT2D eigenvalue weighted by Crippen LogP contribution is 2.31. The fourth-order valence-corrected chi connectivity index (χ4v) is 1.82. The Morgan fingerprint density at radius 2 is 2.17 bits per heavy atom. The Bertz CT molecular complexity index is 688. The number of nitriles is 1. The zero-order chi connectivity index (χ0) is 13.5. The molecule has 18 heavy (non-hydrogen) atoms. The van der Waals surface area contributed by atoms with Crippen molar-refractivity contribution in [3.63, 3.8) is 0 Å². The molecule has 0 aliphatic rings. The largest absolute Gasteiger partial charge is 0.419 e. The van der Waals surface area contributed by atoms with E-state index < -0.39 is 17.2 Å². The van der Waals surface area contributed by atoms with E-state index in [1.54, 1.807) is 39.1 Å². The van der Waals surface area contributed by atoms with Crippen LogP contribution in [0.4, 0.5) is 0 Å². The normalized spacial score (nSPS) is 13.5. The van der Waals surface area contributed by atoms with E-state index in [2.05, 4.69) is 6.07 Å². The molecule has 2 N–H and O–H groups in total.